The van der Waals surface area contributed by atoms with Gasteiger partial charge in [-0.1, -0.05) is 24.3 Å². The maximum atomic E-state index is 12.5. The highest BCUT2D eigenvalue weighted by molar-refractivity contribution is 5.95. The van der Waals surface area contributed by atoms with E-state index in [1.807, 2.05) is 22.7 Å². The molecule has 0 aliphatic heterocycles. The van der Waals surface area contributed by atoms with Crippen LogP contribution in [0, 0.1) is 11.3 Å². The number of pyridine rings is 1. The number of amides is 1. The smallest absolute Gasteiger partial charge is 0.335 e. The molecule has 2 aromatic carbocycles. The zero-order chi connectivity index (χ0) is 21.8. The summed E-state index contributed by atoms with van der Waals surface area (Å²) in [5.41, 5.74) is 4.70. The van der Waals surface area contributed by atoms with Crippen LogP contribution >= 0.6 is 0 Å². The number of carboxylic acid groups (broad SMARTS) is 1. The first-order chi connectivity index (χ1) is 15.0. The van der Waals surface area contributed by atoms with Gasteiger partial charge in [0.2, 0.25) is 0 Å². The molecule has 0 unspecified atom stereocenters. The average Bonchev–Trinajstić information content (AvgIpc) is 3.19. The maximum Gasteiger partial charge on any atom is 0.335 e. The van der Waals surface area contributed by atoms with Crippen LogP contribution < -0.4 is 5.32 Å². The number of aromatic nitrogens is 2. The normalized spacial score (nSPS) is 10.5. The molecule has 0 bridgehead atoms. The SMILES string of the molecule is N#Cc1ccc(Cc2cn3ccc(C(=O)NCc4ccc(C(=O)O)cc4)cc3n2)cc1. The molecule has 1 amide bonds. The third kappa shape index (κ3) is 4.60. The van der Waals surface area contributed by atoms with Crippen LogP contribution in [0.1, 0.15) is 43.1 Å². The number of fused-ring (bicyclic) bond motifs is 1. The standard InChI is InChI=1S/C24H18N4O3/c25-13-17-3-1-16(2-4-17)11-21-15-28-10-9-20(12-22(28)27-21)23(29)26-14-18-5-7-19(8-6-18)24(30)31/h1-10,12,15H,11,14H2,(H,26,29)(H,30,31). The van der Waals surface area contributed by atoms with E-state index in [9.17, 15) is 9.59 Å². The second-order valence-corrected chi connectivity index (χ2v) is 7.08. The van der Waals surface area contributed by atoms with Crippen molar-refractivity contribution in [2.75, 3.05) is 0 Å². The van der Waals surface area contributed by atoms with Crippen LogP contribution in [-0.2, 0) is 13.0 Å². The van der Waals surface area contributed by atoms with Crippen molar-refractivity contribution in [1.82, 2.24) is 14.7 Å². The fourth-order valence-electron chi connectivity index (χ4n) is 3.22. The highest BCUT2D eigenvalue weighted by Gasteiger charge is 2.10. The van der Waals surface area contributed by atoms with Crippen molar-refractivity contribution < 1.29 is 14.7 Å². The Kier molecular flexibility index (Phi) is 5.45. The quantitative estimate of drug-likeness (QED) is 0.506. The average molecular weight is 410 g/mol. The Morgan fingerprint density at radius 3 is 2.39 bits per heavy atom. The number of carbonyl (C=O) groups excluding carboxylic acids is 1. The monoisotopic (exact) mass is 410 g/mol. The molecule has 0 radical (unpaired) electrons. The van der Waals surface area contributed by atoms with Crippen LogP contribution in [0.2, 0.25) is 0 Å². The molecule has 2 heterocycles. The zero-order valence-corrected chi connectivity index (χ0v) is 16.4. The minimum Gasteiger partial charge on any atom is -0.478 e. The topological polar surface area (TPSA) is 107 Å². The molecule has 0 fully saturated rings. The number of carboxylic acids is 1. The molecule has 152 valence electrons. The molecule has 0 aliphatic rings. The Hall–Kier alpha value is -4.44. The highest BCUT2D eigenvalue weighted by atomic mass is 16.4. The van der Waals surface area contributed by atoms with Gasteiger partial charge in [-0.05, 0) is 47.5 Å². The number of hydrogen-bond donors (Lipinski definition) is 2. The van der Waals surface area contributed by atoms with Crippen LogP contribution in [-0.4, -0.2) is 26.4 Å². The maximum absolute atomic E-state index is 12.5. The third-order valence-electron chi connectivity index (χ3n) is 4.89. The van der Waals surface area contributed by atoms with E-state index in [4.69, 9.17) is 10.4 Å². The van der Waals surface area contributed by atoms with Gasteiger partial charge in [0, 0.05) is 30.9 Å². The fraction of sp³-hybridized carbons (Fsp3) is 0.0833. The lowest BCUT2D eigenvalue weighted by Crippen LogP contribution is -2.22. The van der Waals surface area contributed by atoms with E-state index in [1.54, 1.807) is 42.6 Å². The summed E-state index contributed by atoms with van der Waals surface area (Å²) in [6.45, 7) is 0.294. The molecule has 7 nitrogen and oxygen atoms in total. The number of nitrogens with one attached hydrogen (secondary N) is 1. The molecule has 0 aliphatic carbocycles. The molecule has 4 rings (SSSR count). The van der Waals surface area contributed by atoms with Crippen molar-refractivity contribution in [1.29, 1.82) is 5.26 Å². The molecule has 0 atom stereocenters. The van der Waals surface area contributed by atoms with E-state index in [0.29, 0.717) is 29.7 Å². The first-order valence-electron chi connectivity index (χ1n) is 9.59. The lowest BCUT2D eigenvalue weighted by molar-refractivity contribution is 0.0696. The van der Waals surface area contributed by atoms with Crippen LogP contribution in [0.4, 0.5) is 0 Å². The Bertz CT molecular complexity index is 1300. The molecule has 0 spiro atoms. The van der Waals surface area contributed by atoms with E-state index in [0.717, 1.165) is 16.8 Å². The van der Waals surface area contributed by atoms with Gasteiger partial charge in [0.15, 0.2) is 0 Å². The van der Waals surface area contributed by atoms with E-state index in [-0.39, 0.29) is 11.5 Å². The van der Waals surface area contributed by atoms with Gasteiger partial charge >= 0.3 is 5.97 Å². The molecule has 2 aromatic heterocycles. The molecule has 2 N–H and O–H groups in total. The predicted molar refractivity (Wildman–Crippen MR) is 114 cm³/mol. The number of nitrogens with zero attached hydrogens (tertiary/aromatic N) is 3. The lowest BCUT2D eigenvalue weighted by atomic mass is 10.1. The van der Waals surface area contributed by atoms with E-state index < -0.39 is 5.97 Å². The summed E-state index contributed by atoms with van der Waals surface area (Å²) in [5, 5.41) is 20.7. The molecular formula is C24H18N4O3. The van der Waals surface area contributed by atoms with Crippen molar-refractivity contribution >= 4 is 17.5 Å². The number of nitriles is 1. The Labute approximate surface area is 178 Å². The van der Waals surface area contributed by atoms with Crippen molar-refractivity contribution in [3.63, 3.8) is 0 Å². The van der Waals surface area contributed by atoms with E-state index in [1.165, 1.54) is 12.1 Å². The lowest BCUT2D eigenvalue weighted by Gasteiger charge is -2.06. The van der Waals surface area contributed by atoms with E-state index in [2.05, 4.69) is 16.4 Å². The molecule has 4 aromatic rings. The molecule has 0 saturated carbocycles. The number of carbonyl (C=O) groups is 2. The summed E-state index contributed by atoms with van der Waals surface area (Å²) in [6, 6.07) is 19.3. The summed E-state index contributed by atoms with van der Waals surface area (Å²) < 4.78 is 1.86. The number of aromatic carboxylic acids is 1. The molecule has 0 saturated heterocycles. The van der Waals surface area contributed by atoms with Crippen molar-refractivity contribution in [3.05, 3.63) is 107 Å². The van der Waals surface area contributed by atoms with Gasteiger partial charge in [-0.25, -0.2) is 9.78 Å². The van der Waals surface area contributed by atoms with Gasteiger partial charge in [-0.15, -0.1) is 0 Å². The highest BCUT2D eigenvalue weighted by Crippen LogP contribution is 2.13. The van der Waals surface area contributed by atoms with Gasteiger partial charge in [-0.2, -0.15) is 5.26 Å². The van der Waals surface area contributed by atoms with Crippen LogP contribution in [0.15, 0.2) is 73.1 Å². The Morgan fingerprint density at radius 2 is 1.71 bits per heavy atom. The first-order valence-corrected chi connectivity index (χ1v) is 9.59. The number of imidazole rings is 1. The number of benzene rings is 2. The molecule has 7 heteroatoms. The van der Waals surface area contributed by atoms with Gasteiger partial charge in [0.05, 0.1) is 22.9 Å². The van der Waals surface area contributed by atoms with Crippen molar-refractivity contribution in [3.8, 4) is 6.07 Å². The second-order valence-electron chi connectivity index (χ2n) is 7.08. The Balaban J connectivity index is 1.43. The van der Waals surface area contributed by atoms with Crippen LogP contribution in [0.5, 0.6) is 0 Å². The predicted octanol–water partition coefficient (Wildman–Crippen LogP) is 3.42. The summed E-state index contributed by atoms with van der Waals surface area (Å²) in [5.74, 6) is -1.22. The summed E-state index contributed by atoms with van der Waals surface area (Å²) in [6.07, 6.45) is 4.33. The first kappa shape index (κ1) is 19.9. The summed E-state index contributed by atoms with van der Waals surface area (Å²) in [4.78, 5) is 28.0. The van der Waals surface area contributed by atoms with Crippen molar-refractivity contribution in [2.45, 2.75) is 13.0 Å². The van der Waals surface area contributed by atoms with E-state index >= 15 is 0 Å². The number of rotatable bonds is 6. The van der Waals surface area contributed by atoms with Gasteiger partial charge in [0.25, 0.3) is 5.91 Å². The molecule has 31 heavy (non-hydrogen) atoms. The van der Waals surface area contributed by atoms with Crippen LogP contribution in [0.25, 0.3) is 5.65 Å². The van der Waals surface area contributed by atoms with Gasteiger partial charge < -0.3 is 14.8 Å². The minimum absolute atomic E-state index is 0.205. The minimum atomic E-state index is -0.984. The van der Waals surface area contributed by atoms with Crippen LogP contribution in [0.3, 0.4) is 0 Å². The summed E-state index contributed by atoms with van der Waals surface area (Å²) >= 11 is 0. The van der Waals surface area contributed by atoms with Crippen molar-refractivity contribution in [2.24, 2.45) is 0 Å². The Morgan fingerprint density at radius 1 is 1.00 bits per heavy atom. The molecular weight excluding hydrogens is 392 g/mol. The summed E-state index contributed by atoms with van der Waals surface area (Å²) in [7, 11) is 0. The second kappa shape index (κ2) is 8.51. The van der Waals surface area contributed by atoms with Gasteiger partial charge in [-0.3, -0.25) is 4.79 Å². The fourth-order valence-corrected chi connectivity index (χ4v) is 3.22. The van der Waals surface area contributed by atoms with Gasteiger partial charge in [0.1, 0.15) is 5.65 Å². The largest absolute Gasteiger partial charge is 0.478 e. The zero-order valence-electron chi connectivity index (χ0n) is 16.4. The number of hydrogen-bond acceptors (Lipinski definition) is 4. The third-order valence-corrected chi connectivity index (χ3v) is 4.89.